The number of aliphatic hydroxyl groups is 2. The van der Waals surface area contributed by atoms with Gasteiger partial charge < -0.3 is 15.1 Å². The summed E-state index contributed by atoms with van der Waals surface area (Å²) in [5, 5.41) is 19.0. The molecule has 2 N–H and O–H groups in total. The van der Waals surface area contributed by atoms with Gasteiger partial charge >= 0.3 is 0 Å². The van der Waals surface area contributed by atoms with Gasteiger partial charge in [0.1, 0.15) is 0 Å². The summed E-state index contributed by atoms with van der Waals surface area (Å²) in [5.74, 6) is 0.129. The van der Waals surface area contributed by atoms with Crippen LogP contribution in [0.1, 0.15) is 36.2 Å². The fourth-order valence-corrected chi connectivity index (χ4v) is 2.46. The highest BCUT2D eigenvalue weighted by atomic mass is 16.3. The largest absolute Gasteiger partial charge is 0.392 e. The molecule has 104 valence electrons. The Labute approximate surface area is 113 Å². The maximum absolute atomic E-state index is 12.3. The van der Waals surface area contributed by atoms with E-state index in [9.17, 15) is 9.90 Å². The Morgan fingerprint density at radius 2 is 2.00 bits per heavy atom. The van der Waals surface area contributed by atoms with Gasteiger partial charge in [0.2, 0.25) is 0 Å². The quantitative estimate of drug-likeness (QED) is 0.867. The van der Waals surface area contributed by atoms with Crippen LogP contribution in [0.2, 0.25) is 0 Å². The van der Waals surface area contributed by atoms with Gasteiger partial charge in [0.25, 0.3) is 5.91 Å². The predicted octanol–water partition coefficient (Wildman–Crippen LogP) is 1.41. The average molecular weight is 263 g/mol. The van der Waals surface area contributed by atoms with Crippen molar-refractivity contribution in [3.05, 3.63) is 35.4 Å². The molecular weight excluding hydrogens is 242 g/mol. The van der Waals surface area contributed by atoms with Crippen LogP contribution in [0, 0.1) is 5.92 Å². The van der Waals surface area contributed by atoms with Crippen LogP contribution in [0.4, 0.5) is 0 Å². The molecule has 1 heterocycles. The van der Waals surface area contributed by atoms with Gasteiger partial charge in [0.15, 0.2) is 0 Å². The minimum atomic E-state index is -0.740. The van der Waals surface area contributed by atoms with E-state index in [0.29, 0.717) is 18.7 Å². The molecule has 1 saturated heterocycles. The Bertz CT molecular complexity index is 447. The van der Waals surface area contributed by atoms with Crippen LogP contribution < -0.4 is 0 Å². The number of rotatable bonds is 3. The second-order valence-corrected chi connectivity index (χ2v) is 5.75. The van der Waals surface area contributed by atoms with Crippen molar-refractivity contribution in [3.8, 4) is 0 Å². The van der Waals surface area contributed by atoms with Crippen LogP contribution in [0.3, 0.4) is 0 Å². The Morgan fingerprint density at radius 3 is 2.47 bits per heavy atom. The molecule has 1 atom stereocenters. The highest BCUT2D eigenvalue weighted by Crippen LogP contribution is 2.27. The van der Waals surface area contributed by atoms with E-state index in [2.05, 4.69) is 0 Å². The van der Waals surface area contributed by atoms with Crippen molar-refractivity contribution in [1.29, 1.82) is 0 Å². The van der Waals surface area contributed by atoms with Crippen LogP contribution in [-0.2, 0) is 6.61 Å². The minimum absolute atomic E-state index is 0.00348. The molecule has 0 unspecified atom stereocenters. The first-order chi connectivity index (χ1) is 8.91. The molecule has 0 radical (unpaired) electrons. The number of carbonyl (C=O) groups is 1. The SMILES string of the molecule is CC(C)(O)[C@@H]1CCN(C(=O)c2ccc(CO)cc2)C1. The number of hydrogen-bond donors (Lipinski definition) is 2. The summed E-state index contributed by atoms with van der Waals surface area (Å²) in [4.78, 5) is 14.1. The fourth-order valence-electron chi connectivity index (χ4n) is 2.46. The van der Waals surface area contributed by atoms with Gasteiger partial charge in [-0.1, -0.05) is 12.1 Å². The van der Waals surface area contributed by atoms with Crippen molar-refractivity contribution in [3.63, 3.8) is 0 Å². The summed E-state index contributed by atoms with van der Waals surface area (Å²) in [5.41, 5.74) is 0.691. The number of hydrogen-bond acceptors (Lipinski definition) is 3. The summed E-state index contributed by atoms with van der Waals surface area (Å²) in [6.07, 6.45) is 0.837. The second-order valence-electron chi connectivity index (χ2n) is 5.75. The van der Waals surface area contributed by atoms with Gasteiger partial charge in [-0.3, -0.25) is 4.79 Å². The zero-order chi connectivity index (χ0) is 14.0. The molecule has 1 aliphatic rings. The van der Waals surface area contributed by atoms with Crippen LogP contribution in [0.5, 0.6) is 0 Å². The molecule has 0 spiro atoms. The molecule has 4 heteroatoms. The first-order valence-electron chi connectivity index (χ1n) is 6.63. The fraction of sp³-hybridized carbons (Fsp3) is 0.533. The normalized spacial score (nSPS) is 19.8. The molecule has 2 rings (SSSR count). The predicted molar refractivity (Wildman–Crippen MR) is 72.7 cm³/mol. The van der Waals surface area contributed by atoms with Gasteiger partial charge in [-0.25, -0.2) is 0 Å². The second kappa shape index (κ2) is 5.31. The highest BCUT2D eigenvalue weighted by Gasteiger charge is 2.35. The van der Waals surface area contributed by atoms with Gasteiger partial charge in [-0.15, -0.1) is 0 Å². The number of aliphatic hydroxyl groups excluding tert-OH is 1. The number of carbonyl (C=O) groups excluding carboxylic acids is 1. The highest BCUT2D eigenvalue weighted by molar-refractivity contribution is 5.94. The first kappa shape index (κ1) is 14.0. The van der Waals surface area contributed by atoms with Crippen molar-refractivity contribution < 1.29 is 15.0 Å². The third kappa shape index (κ3) is 3.14. The lowest BCUT2D eigenvalue weighted by Crippen LogP contribution is -2.35. The van der Waals surface area contributed by atoms with E-state index in [-0.39, 0.29) is 18.4 Å². The molecule has 0 saturated carbocycles. The monoisotopic (exact) mass is 263 g/mol. The van der Waals surface area contributed by atoms with Gasteiger partial charge in [-0.2, -0.15) is 0 Å². The lowest BCUT2D eigenvalue weighted by molar-refractivity contribution is 0.0211. The molecule has 1 amide bonds. The van der Waals surface area contributed by atoms with Crippen molar-refractivity contribution >= 4 is 5.91 Å². The summed E-state index contributed by atoms with van der Waals surface area (Å²) < 4.78 is 0. The van der Waals surface area contributed by atoms with Crippen LogP contribution in [-0.4, -0.2) is 39.7 Å². The van der Waals surface area contributed by atoms with Crippen molar-refractivity contribution in [2.75, 3.05) is 13.1 Å². The third-order valence-electron chi connectivity index (χ3n) is 3.86. The summed E-state index contributed by atoms with van der Waals surface area (Å²) in [6.45, 7) is 4.86. The van der Waals surface area contributed by atoms with E-state index in [4.69, 9.17) is 5.11 Å². The Kier molecular flexibility index (Phi) is 3.92. The zero-order valence-electron chi connectivity index (χ0n) is 11.5. The maximum Gasteiger partial charge on any atom is 0.253 e. The topological polar surface area (TPSA) is 60.8 Å². The molecule has 0 aliphatic carbocycles. The number of benzene rings is 1. The van der Waals surface area contributed by atoms with E-state index >= 15 is 0 Å². The van der Waals surface area contributed by atoms with E-state index in [1.165, 1.54) is 0 Å². The van der Waals surface area contributed by atoms with Gasteiger partial charge in [0.05, 0.1) is 12.2 Å². The van der Waals surface area contributed by atoms with E-state index in [0.717, 1.165) is 12.0 Å². The van der Waals surface area contributed by atoms with Crippen molar-refractivity contribution in [1.82, 2.24) is 4.90 Å². The number of likely N-dealkylation sites (tertiary alicyclic amines) is 1. The van der Waals surface area contributed by atoms with Gasteiger partial charge in [0, 0.05) is 24.6 Å². The zero-order valence-corrected chi connectivity index (χ0v) is 11.5. The molecule has 1 aromatic rings. The molecule has 4 nitrogen and oxygen atoms in total. The van der Waals surface area contributed by atoms with E-state index in [1.54, 1.807) is 43.0 Å². The third-order valence-corrected chi connectivity index (χ3v) is 3.86. The van der Waals surface area contributed by atoms with Crippen LogP contribution >= 0.6 is 0 Å². The molecule has 1 aliphatic heterocycles. The molecule has 0 aromatic heterocycles. The van der Waals surface area contributed by atoms with E-state index < -0.39 is 5.60 Å². The smallest absolute Gasteiger partial charge is 0.253 e. The van der Waals surface area contributed by atoms with Crippen LogP contribution in [0.15, 0.2) is 24.3 Å². The van der Waals surface area contributed by atoms with Crippen molar-refractivity contribution in [2.24, 2.45) is 5.92 Å². The van der Waals surface area contributed by atoms with Crippen molar-refractivity contribution in [2.45, 2.75) is 32.5 Å². The molecule has 0 bridgehead atoms. The lowest BCUT2D eigenvalue weighted by Gasteiger charge is -2.25. The van der Waals surface area contributed by atoms with E-state index in [1.807, 2.05) is 0 Å². The summed E-state index contributed by atoms with van der Waals surface area (Å²) >= 11 is 0. The Hall–Kier alpha value is -1.39. The first-order valence-corrected chi connectivity index (χ1v) is 6.63. The molecule has 1 aromatic carbocycles. The molecule has 1 fully saturated rings. The summed E-state index contributed by atoms with van der Waals surface area (Å²) in [6, 6.07) is 7.00. The molecule has 19 heavy (non-hydrogen) atoms. The minimum Gasteiger partial charge on any atom is -0.392 e. The Morgan fingerprint density at radius 1 is 1.37 bits per heavy atom. The maximum atomic E-state index is 12.3. The standard InChI is InChI=1S/C15H21NO3/c1-15(2,19)13-7-8-16(9-13)14(18)12-5-3-11(10-17)4-6-12/h3-6,13,17,19H,7-10H2,1-2H3/t13-/m1/s1. The van der Waals surface area contributed by atoms with Gasteiger partial charge in [-0.05, 0) is 38.0 Å². The molecular formula is C15H21NO3. The number of nitrogens with zero attached hydrogens (tertiary/aromatic N) is 1. The van der Waals surface area contributed by atoms with Crippen LogP contribution in [0.25, 0.3) is 0 Å². The Balaban J connectivity index is 2.04. The average Bonchev–Trinajstić information content (AvgIpc) is 2.87. The summed E-state index contributed by atoms with van der Waals surface area (Å²) in [7, 11) is 0. The number of amides is 1. The lowest BCUT2D eigenvalue weighted by atomic mass is 9.90.